The molecule has 0 bridgehead atoms. The normalized spacial score (nSPS) is 15.9. The Morgan fingerprint density at radius 1 is 1.11 bits per heavy atom. The number of para-hydroxylation sites is 1. The molecule has 140 valence electrons. The minimum Gasteiger partial charge on any atom is -0.381 e. The first kappa shape index (κ1) is 16.1. The largest absolute Gasteiger partial charge is 0.381 e. The second-order valence-corrected chi connectivity index (χ2v) is 7.94. The summed E-state index contributed by atoms with van der Waals surface area (Å²) in [5.74, 6) is 1.03. The Morgan fingerprint density at radius 3 is 2.89 bits per heavy atom. The molecule has 0 aliphatic carbocycles. The van der Waals surface area contributed by atoms with Gasteiger partial charge in [-0.1, -0.05) is 29.5 Å². The summed E-state index contributed by atoms with van der Waals surface area (Å²) >= 11 is 1.54. The van der Waals surface area contributed by atoms with E-state index < -0.39 is 0 Å². The van der Waals surface area contributed by atoms with Gasteiger partial charge in [0.2, 0.25) is 4.96 Å². The Morgan fingerprint density at radius 2 is 2.00 bits per heavy atom. The van der Waals surface area contributed by atoms with Crippen molar-refractivity contribution in [2.45, 2.75) is 25.3 Å². The van der Waals surface area contributed by atoms with Crippen molar-refractivity contribution in [3.63, 3.8) is 0 Å². The summed E-state index contributed by atoms with van der Waals surface area (Å²) in [5, 5.41) is 5.45. The topological polar surface area (TPSA) is 70.1 Å². The molecule has 0 saturated carbocycles. The first-order chi connectivity index (χ1) is 13.9. The number of hydrogen-bond acceptors (Lipinski definition) is 6. The van der Waals surface area contributed by atoms with Crippen LogP contribution in [0.1, 0.15) is 30.4 Å². The molecule has 1 fully saturated rings. The zero-order valence-corrected chi connectivity index (χ0v) is 16.0. The highest BCUT2D eigenvalue weighted by Crippen LogP contribution is 2.32. The van der Waals surface area contributed by atoms with Gasteiger partial charge in [-0.3, -0.25) is 4.98 Å². The molecule has 5 aromatic rings. The molecule has 0 radical (unpaired) electrons. The maximum atomic E-state index is 5.62. The smallest absolute Gasteiger partial charge is 0.212 e. The molecule has 1 saturated heterocycles. The third-order valence-corrected chi connectivity index (χ3v) is 6.12. The Labute approximate surface area is 164 Å². The predicted octanol–water partition coefficient (Wildman–Crippen LogP) is 3.63. The van der Waals surface area contributed by atoms with Crippen LogP contribution in [0.4, 0.5) is 0 Å². The third-order valence-electron chi connectivity index (χ3n) is 5.43. The third kappa shape index (κ3) is 2.52. The molecule has 0 N–H and O–H groups in total. The standard InChI is InChI=1S/C20H18N6OS/c1-2-4-16-15(3-1)19-17(10-21-16)24-18(26(19)14-5-7-27-8-6-14)9-13-11-25-20(23-13)28-12-22-25/h1-4,10-12,14H,5-9H2. The van der Waals surface area contributed by atoms with Crippen LogP contribution in [-0.4, -0.2) is 42.3 Å². The quantitative estimate of drug-likeness (QED) is 0.470. The average Bonchev–Trinajstić information content (AvgIpc) is 3.42. The number of rotatable bonds is 3. The molecule has 5 heterocycles. The summed E-state index contributed by atoms with van der Waals surface area (Å²) in [4.78, 5) is 15.2. The molecule has 1 aliphatic rings. The molecular formula is C20H18N6OS. The lowest BCUT2D eigenvalue weighted by Crippen LogP contribution is -2.21. The molecule has 0 amide bonds. The van der Waals surface area contributed by atoms with E-state index in [2.05, 4.69) is 32.8 Å². The Balaban J connectivity index is 1.56. The van der Waals surface area contributed by atoms with Crippen LogP contribution < -0.4 is 0 Å². The zero-order chi connectivity index (χ0) is 18.5. The zero-order valence-electron chi connectivity index (χ0n) is 15.2. The molecule has 7 nitrogen and oxygen atoms in total. The number of ether oxygens (including phenoxy) is 1. The van der Waals surface area contributed by atoms with E-state index in [-0.39, 0.29) is 0 Å². The van der Waals surface area contributed by atoms with Crippen LogP contribution in [0.3, 0.4) is 0 Å². The lowest BCUT2D eigenvalue weighted by Gasteiger charge is -2.26. The molecule has 8 heteroatoms. The van der Waals surface area contributed by atoms with Crippen molar-refractivity contribution in [1.82, 2.24) is 29.1 Å². The van der Waals surface area contributed by atoms with Gasteiger partial charge in [0.25, 0.3) is 0 Å². The van der Waals surface area contributed by atoms with E-state index in [0.29, 0.717) is 12.5 Å². The lowest BCUT2D eigenvalue weighted by molar-refractivity contribution is 0.0700. The highest BCUT2D eigenvalue weighted by atomic mass is 32.1. The number of fused-ring (bicyclic) bond motifs is 4. The molecule has 0 atom stereocenters. The van der Waals surface area contributed by atoms with E-state index in [0.717, 1.165) is 59.0 Å². The van der Waals surface area contributed by atoms with Crippen molar-refractivity contribution in [1.29, 1.82) is 0 Å². The Hall–Kier alpha value is -2.84. The summed E-state index contributed by atoms with van der Waals surface area (Å²) in [6.45, 7) is 1.58. The van der Waals surface area contributed by atoms with Crippen LogP contribution in [0.5, 0.6) is 0 Å². The van der Waals surface area contributed by atoms with E-state index in [1.165, 1.54) is 5.52 Å². The summed E-state index contributed by atoms with van der Waals surface area (Å²) in [6, 6.07) is 8.68. The van der Waals surface area contributed by atoms with Crippen molar-refractivity contribution in [2.24, 2.45) is 0 Å². The maximum Gasteiger partial charge on any atom is 0.212 e. The fourth-order valence-corrected chi connectivity index (χ4v) is 4.79. The molecule has 1 aliphatic heterocycles. The summed E-state index contributed by atoms with van der Waals surface area (Å²) in [5.41, 5.74) is 5.91. The monoisotopic (exact) mass is 390 g/mol. The molecule has 0 spiro atoms. The SMILES string of the molecule is c1ccc2c(c1)ncc1nc(Cc3cn4ncsc4n3)n(C3CCOCC3)c12. The van der Waals surface area contributed by atoms with Gasteiger partial charge < -0.3 is 9.30 Å². The van der Waals surface area contributed by atoms with Gasteiger partial charge >= 0.3 is 0 Å². The number of imidazole rings is 2. The van der Waals surface area contributed by atoms with E-state index in [1.807, 2.05) is 23.0 Å². The van der Waals surface area contributed by atoms with Gasteiger partial charge in [-0.15, -0.1) is 0 Å². The fourth-order valence-electron chi connectivity index (χ4n) is 4.17. The number of benzene rings is 1. The maximum absolute atomic E-state index is 5.62. The predicted molar refractivity (Wildman–Crippen MR) is 108 cm³/mol. The first-order valence-corrected chi connectivity index (χ1v) is 10.3. The highest BCUT2D eigenvalue weighted by Gasteiger charge is 2.24. The number of hydrogen-bond donors (Lipinski definition) is 0. The number of aromatic nitrogens is 6. The number of pyridine rings is 1. The Bertz CT molecular complexity index is 1270. The van der Waals surface area contributed by atoms with Gasteiger partial charge in [0, 0.05) is 31.1 Å². The number of nitrogens with zero attached hydrogens (tertiary/aromatic N) is 6. The molecular weight excluding hydrogens is 372 g/mol. The van der Waals surface area contributed by atoms with Gasteiger partial charge in [0.15, 0.2) is 0 Å². The van der Waals surface area contributed by atoms with Crippen molar-refractivity contribution >= 4 is 38.2 Å². The van der Waals surface area contributed by atoms with Gasteiger partial charge in [0.1, 0.15) is 16.9 Å². The summed E-state index contributed by atoms with van der Waals surface area (Å²) < 4.78 is 9.87. The van der Waals surface area contributed by atoms with E-state index in [4.69, 9.17) is 14.7 Å². The van der Waals surface area contributed by atoms with Crippen molar-refractivity contribution in [3.8, 4) is 0 Å². The van der Waals surface area contributed by atoms with E-state index >= 15 is 0 Å². The van der Waals surface area contributed by atoms with Gasteiger partial charge in [-0.05, 0) is 18.9 Å². The average molecular weight is 390 g/mol. The minimum atomic E-state index is 0.376. The molecule has 0 unspecified atom stereocenters. The second-order valence-electron chi connectivity index (χ2n) is 7.13. The van der Waals surface area contributed by atoms with Crippen LogP contribution in [0.2, 0.25) is 0 Å². The Kier molecular flexibility index (Phi) is 3.66. The van der Waals surface area contributed by atoms with Crippen LogP contribution in [0.15, 0.2) is 42.2 Å². The second kappa shape index (κ2) is 6.35. The molecule has 1 aromatic carbocycles. The fraction of sp³-hybridized carbons (Fsp3) is 0.300. The van der Waals surface area contributed by atoms with Gasteiger partial charge in [0.05, 0.1) is 29.1 Å². The van der Waals surface area contributed by atoms with Crippen LogP contribution in [0.25, 0.3) is 26.9 Å². The van der Waals surface area contributed by atoms with E-state index in [9.17, 15) is 0 Å². The van der Waals surface area contributed by atoms with Crippen LogP contribution in [0, 0.1) is 0 Å². The van der Waals surface area contributed by atoms with Gasteiger partial charge in [-0.2, -0.15) is 5.10 Å². The van der Waals surface area contributed by atoms with Crippen molar-refractivity contribution < 1.29 is 4.74 Å². The minimum absolute atomic E-state index is 0.376. The lowest BCUT2D eigenvalue weighted by atomic mass is 10.1. The summed E-state index contributed by atoms with van der Waals surface area (Å²) in [7, 11) is 0. The molecule has 28 heavy (non-hydrogen) atoms. The molecule has 6 rings (SSSR count). The van der Waals surface area contributed by atoms with Crippen molar-refractivity contribution in [2.75, 3.05) is 13.2 Å². The van der Waals surface area contributed by atoms with Crippen LogP contribution in [-0.2, 0) is 11.2 Å². The summed E-state index contributed by atoms with van der Waals surface area (Å²) in [6.07, 6.45) is 6.56. The highest BCUT2D eigenvalue weighted by molar-refractivity contribution is 7.14. The first-order valence-electron chi connectivity index (χ1n) is 9.47. The van der Waals surface area contributed by atoms with Crippen molar-refractivity contribution in [3.05, 3.63) is 53.7 Å². The van der Waals surface area contributed by atoms with Gasteiger partial charge in [-0.25, -0.2) is 14.5 Å². The van der Waals surface area contributed by atoms with Crippen LogP contribution >= 0.6 is 11.3 Å². The van der Waals surface area contributed by atoms with E-state index in [1.54, 1.807) is 16.8 Å². The molecule has 4 aromatic heterocycles.